The van der Waals surface area contributed by atoms with Crippen LogP contribution in [0, 0.1) is 0 Å². The standard InChI is InChI=1S/C17H24N2OS/c1-14(2)19(13-15-7-5-12-21-15)10-6-11-20-17-9-4-3-8-16(17)18/h3-5,7-9,12,14H,6,10-11,13,18H2,1-2H3. The molecule has 0 aliphatic heterocycles. The molecule has 0 aliphatic carbocycles. The topological polar surface area (TPSA) is 38.5 Å². The van der Waals surface area contributed by atoms with Crippen molar-refractivity contribution in [1.82, 2.24) is 4.90 Å². The van der Waals surface area contributed by atoms with Gasteiger partial charge in [-0.3, -0.25) is 4.90 Å². The molecule has 0 saturated carbocycles. The molecular formula is C17H24N2OS. The predicted octanol–water partition coefficient (Wildman–Crippen LogP) is 4.01. The van der Waals surface area contributed by atoms with Crippen LogP contribution in [0.1, 0.15) is 25.1 Å². The molecule has 21 heavy (non-hydrogen) atoms. The lowest BCUT2D eigenvalue weighted by Crippen LogP contribution is -2.31. The van der Waals surface area contributed by atoms with E-state index in [2.05, 4.69) is 36.3 Å². The average Bonchev–Trinajstić information content (AvgIpc) is 2.96. The number of hydrogen-bond donors (Lipinski definition) is 1. The van der Waals surface area contributed by atoms with Gasteiger partial charge in [-0.05, 0) is 43.8 Å². The average molecular weight is 304 g/mol. The maximum Gasteiger partial charge on any atom is 0.142 e. The van der Waals surface area contributed by atoms with Crippen molar-refractivity contribution in [3.63, 3.8) is 0 Å². The van der Waals surface area contributed by atoms with Crippen molar-refractivity contribution in [2.45, 2.75) is 32.9 Å². The van der Waals surface area contributed by atoms with E-state index < -0.39 is 0 Å². The summed E-state index contributed by atoms with van der Waals surface area (Å²) < 4.78 is 5.75. The van der Waals surface area contributed by atoms with Crippen molar-refractivity contribution in [3.05, 3.63) is 46.7 Å². The van der Waals surface area contributed by atoms with E-state index in [0.29, 0.717) is 18.3 Å². The third kappa shape index (κ3) is 5.06. The molecule has 3 nitrogen and oxygen atoms in total. The van der Waals surface area contributed by atoms with Gasteiger partial charge in [-0.25, -0.2) is 0 Å². The minimum Gasteiger partial charge on any atom is -0.491 e. The summed E-state index contributed by atoms with van der Waals surface area (Å²) in [5.41, 5.74) is 6.57. The number of para-hydroxylation sites is 2. The van der Waals surface area contributed by atoms with Crippen molar-refractivity contribution in [1.29, 1.82) is 0 Å². The Hall–Kier alpha value is -1.52. The predicted molar refractivity (Wildman–Crippen MR) is 90.8 cm³/mol. The van der Waals surface area contributed by atoms with Gasteiger partial charge in [0.1, 0.15) is 5.75 Å². The zero-order valence-electron chi connectivity index (χ0n) is 12.8. The van der Waals surface area contributed by atoms with E-state index in [1.165, 1.54) is 4.88 Å². The number of nitrogen functional groups attached to an aromatic ring is 1. The lowest BCUT2D eigenvalue weighted by Gasteiger charge is -2.25. The fourth-order valence-corrected chi connectivity index (χ4v) is 2.91. The molecule has 1 aromatic heterocycles. The summed E-state index contributed by atoms with van der Waals surface area (Å²) in [6.07, 6.45) is 0.998. The Balaban J connectivity index is 1.76. The molecule has 0 aliphatic rings. The normalized spacial score (nSPS) is 11.2. The van der Waals surface area contributed by atoms with Crippen LogP contribution in [0.15, 0.2) is 41.8 Å². The minimum absolute atomic E-state index is 0.536. The Morgan fingerprint density at radius 1 is 1.19 bits per heavy atom. The third-order valence-corrected chi connectivity index (χ3v) is 4.30. The molecule has 0 saturated heterocycles. The molecule has 2 rings (SSSR count). The molecule has 2 N–H and O–H groups in total. The van der Waals surface area contributed by atoms with E-state index >= 15 is 0 Å². The molecule has 0 bridgehead atoms. The van der Waals surface area contributed by atoms with Gasteiger partial charge in [-0.1, -0.05) is 18.2 Å². The summed E-state index contributed by atoms with van der Waals surface area (Å²) in [7, 11) is 0. The summed E-state index contributed by atoms with van der Waals surface area (Å²) in [6, 6.07) is 12.5. The zero-order valence-corrected chi connectivity index (χ0v) is 13.6. The maximum absolute atomic E-state index is 5.87. The van der Waals surface area contributed by atoms with Crippen LogP contribution in [0.3, 0.4) is 0 Å². The molecule has 2 aromatic rings. The van der Waals surface area contributed by atoms with Crippen molar-refractivity contribution in [2.75, 3.05) is 18.9 Å². The first-order valence-electron chi connectivity index (χ1n) is 7.40. The highest BCUT2D eigenvalue weighted by molar-refractivity contribution is 7.09. The number of ether oxygens (including phenoxy) is 1. The monoisotopic (exact) mass is 304 g/mol. The molecule has 0 amide bonds. The van der Waals surface area contributed by atoms with Crippen LogP contribution in [0.4, 0.5) is 5.69 Å². The van der Waals surface area contributed by atoms with Crippen LogP contribution in [-0.2, 0) is 6.54 Å². The molecule has 1 heterocycles. The number of thiophene rings is 1. The Morgan fingerprint density at radius 2 is 2.00 bits per heavy atom. The van der Waals surface area contributed by atoms with Crippen LogP contribution in [0.25, 0.3) is 0 Å². The Kier molecular flexibility index (Phi) is 6.08. The summed E-state index contributed by atoms with van der Waals surface area (Å²) in [4.78, 5) is 3.89. The molecule has 0 spiro atoms. The Morgan fingerprint density at radius 3 is 2.67 bits per heavy atom. The first-order chi connectivity index (χ1) is 10.2. The Bertz CT molecular complexity index is 525. The summed E-state index contributed by atoms with van der Waals surface area (Å²) >= 11 is 1.82. The number of rotatable bonds is 8. The summed E-state index contributed by atoms with van der Waals surface area (Å²) in [5, 5.41) is 2.13. The minimum atomic E-state index is 0.536. The van der Waals surface area contributed by atoms with E-state index in [9.17, 15) is 0 Å². The van der Waals surface area contributed by atoms with Gasteiger partial charge in [0.2, 0.25) is 0 Å². The number of nitrogens with zero attached hydrogens (tertiary/aromatic N) is 1. The number of nitrogens with two attached hydrogens (primary N) is 1. The van der Waals surface area contributed by atoms with Gasteiger partial charge in [-0.15, -0.1) is 11.3 Å². The molecule has 1 aromatic carbocycles. The van der Waals surface area contributed by atoms with Gasteiger partial charge in [-0.2, -0.15) is 0 Å². The summed E-state index contributed by atoms with van der Waals surface area (Å²) in [6.45, 7) is 7.22. The number of benzene rings is 1. The van der Waals surface area contributed by atoms with Crippen LogP contribution >= 0.6 is 11.3 Å². The number of hydrogen-bond acceptors (Lipinski definition) is 4. The van der Waals surface area contributed by atoms with Gasteiger partial charge in [0.25, 0.3) is 0 Å². The van der Waals surface area contributed by atoms with Gasteiger partial charge < -0.3 is 10.5 Å². The smallest absolute Gasteiger partial charge is 0.142 e. The second-order valence-electron chi connectivity index (χ2n) is 5.38. The number of anilines is 1. The van der Waals surface area contributed by atoms with Crippen LogP contribution in [0.2, 0.25) is 0 Å². The van der Waals surface area contributed by atoms with E-state index in [1.54, 1.807) is 0 Å². The fourth-order valence-electron chi connectivity index (χ4n) is 2.18. The van der Waals surface area contributed by atoms with E-state index in [-0.39, 0.29) is 0 Å². The molecule has 114 valence electrons. The highest BCUT2D eigenvalue weighted by Gasteiger charge is 2.10. The van der Waals surface area contributed by atoms with Crippen molar-refractivity contribution in [3.8, 4) is 5.75 Å². The van der Waals surface area contributed by atoms with Crippen molar-refractivity contribution >= 4 is 17.0 Å². The van der Waals surface area contributed by atoms with Gasteiger partial charge in [0.05, 0.1) is 12.3 Å². The molecule has 0 atom stereocenters. The molecular weight excluding hydrogens is 280 g/mol. The van der Waals surface area contributed by atoms with Crippen LogP contribution in [0.5, 0.6) is 5.75 Å². The summed E-state index contributed by atoms with van der Waals surface area (Å²) in [5.74, 6) is 0.784. The van der Waals surface area contributed by atoms with Gasteiger partial charge in [0, 0.05) is 24.0 Å². The van der Waals surface area contributed by atoms with Gasteiger partial charge in [0.15, 0.2) is 0 Å². The third-order valence-electron chi connectivity index (χ3n) is 3.44. The lowest BCUT2D eigenvalue weighted by atomic mass is 10.2. The van der Waals surface area contributed by atoms with E-state index in [4.69, 9.17) is 10.5 Å². The molecule has 0 unspecified atom stereocenters. The van der Waals surface area contributed by atoms with Crippen molar-refractivity contribution in [2.24, 2.45) is 0 Å². The lowest BCUT2D eigenvalue weighted by molar-refractivity contribution is 0.192. The maximum atomic E-state index is 5.87. The highest BCUT2D eigenvalue weighted by atomic mass is 32.1. The molecule has 4 heteroatoms. The SMILES string of the molecule is CC(C)N(CCCOc1ccccc1N)Cc1cccs1. The van der Waals surface area contributed by atoms with Crippen LogP contribution < -0.4 is 10.5 Å². The first kappa shape index (κ1) is 15.9. The Labute approximate surface area is 131 Å². The van der Waals surface area contributed by atoms with E-state index in [1.807, 2.05) is 35.6 Å². The van der Waals surface area contributed by atoms with E-state index in [0.717, 1.165) is 25.3 Å². The highest BCUT2D eigenvalue weighted by Crippen LogP contribution is 2.20. The zero-order chi connectivity index (χ0) is 15.1. The quantitative estimate of drug-likeness (QED) is 0.591. The second-order valence-corrected chi connectivity index (χ2v) is 6.42. The molecule has 0 radical (unpaired) electrons. The van der Waals surface area contributed by atoms with Crippen LogP contribution in [-0.4, -0.2) is 24.1 Å². The second kappa shape index (κ2) is 8.05. The van der Waals surface area contributed by atoms with Gasteiger partial charge >= 0.3 is 0 Å². The molecule has 0 fully saturated rings. The largest absolute Gasteiger partial charge is 0.491 e. The first-order valence-corrected chi connectivity index (χ1v) is 8.28. The fraction of sp³-hybridized carbons (Fsp3) is 0.412. The van der Waals surface area contributed by atoms with Crippen molar-refractivity contribution < 1.29 is 4.74 Å².